The second kappa shape index (κ2) is 5.87. The van der Waals surface area contributed by atoms with Gasteiger partial charge in [-0.25, -0.2) is 4.68 Å². The van der Waals surface area contributed by atoms with Crippen LogP contribution in [0.15, 0.2) is 41.2 Å². The number of nitrogens with one attached hydrogen (secondary N) is 1. The molecule has 1 atom stereocenters. The van der Waals surface area contributed by atoms with Crippen LogP contribution < -0.4 is 15.8 Å². The van der Waals surface area contributed by atoms with E-state index in [9.17, 15) is 9.59 Å². The minimum Gasteiger partial charge on any atom is -0.379 e. The standard InChI is InChI=1S/C17H20N4O2/c1-11(2)14-10-21(15-7-5-4-6-12(15)18-14)17(23)13-8-9-16(22)20(3)19-13/h4-9,11,14,18H,10H2,1-3H3/t14-/m0/s1. The highest BCUT2D eigenvalue weighted by Crippen LogP contribution is 2.32. The predicted molar refractivity (Wildman–Crippen MR) is 89.8 cm³/mol. The van der Waals surface area contributed by atoms with Crippen LogP contribution in [0.3, 0.4) is 0 Å². The Hall–Kier alpha value is -2.63. The molecule has 6 nitrogen and oxygen atoms in total. The van der Waals surface area contributed by atoms with E-state index in [0.29, 0.717) is 12.5 Å². The fourth-order valence-corrected chi connectivity index (χ4v) is 2.70. The lowest BCUT2D eigenvalue weighted by molar-refractivity contribution is 0.0976. The summed E-state index contributed by atoms with van der Waals surface area (Å²) in [4.78, 5) is 26.1. The number of nitrogens with zero attached hydrogens (tertiary/aromatic N) is 3. The van der Waals surface area contributed by atoms with E-state index >= 15 is 0 Å². The minimum atomic E-state index is -0.234. The molecule has 1 aliphatic heterocycles. The predicted octanol–water partition coefficient (Wildman–Crippen LogP) is 1.88. The number of hydrogen-bond donors (Lipinski definition) is 1. The van der Waals surface area contributed by atoms with Crippen LogP contribution >= 0.6 is 0 Å². The van der Waals surface area contributed by atoms with Crippen molar-refractivity contribution in [3.63, 3.8) is 0 Å². The first kappa shape index (κ1) is 15.3. The molecule has 0 fully saturated rings. The first-order valence-electron chi connectivity index (χ1n) is 7.69. The monoisotopic (exact) mass is 312 g/mol. The van der Waals surface area contributed by atoms with Crippen molar-refractivity contribution in [2.45, 2.75) is 19.9 Å². The summed E-state index contributed by atoms with van der Waals surface area (Å²) in [7, 11) is 1.54. The molecular formula is C17H20N4O2. The summed E-state index contributed by atoms with van der Waals surface area (Å²) in [5.74, 6) is 0.187. The zero-order valence-electron chi connectivity index (χ0n) is 13.5. The van der Waals surface area contributed by atoms with Gasteiger partial charge in [-0.3, -0.25) is 9.59 Å². The van der Waals surface area contributed by atoms with Crippen molar-refractivity contribution in [1.29, 1.82) is 0 Å². The summed E-state index contributed by atoms with van der Waals surface area (Å²) >= 11 is 0. The van der Waals surface area contributed by atoms with Gasteiger partial charge in [-0.05, 0) is 24.1 Å². The van der Waals surface area contributed by atoms with Crippen molar-refractivity contribution in [1.82, 2.24) is 9.78 Å². The molecule has 23 heavy (non-hydrogen) atoms. The molecule has 0 saturated carbocycles. The van der Waals surface area contributed by atoms with Gasteiger partial charge >= 0.3 is 0 Å². The molecule has 0 aliphatic carbocycles. The van der Waals surface area contributed by atoms with Crippen LogP contribution in [0.25, 0.3) is 0 Å². The number of hydrogen-bond acceptors (Lipinski definition) is 4. The van der Waals surface area contributed by atoms with E-state index in [1.54, 1.807) is 11.9 Å². The maximum Gasteiger partial charge on any atom is 0.278 e. The molecule has 2 aromatic rings. The molecule has 0 unspecified atom stereocenters. The van der Waals surface area contributed by atoms with Gasteiger partial charge in [0.2, 0.25) is 0 Å². The van der Waals surface area contributed by atoms with Crippen molar-refractivity contribution < 1.29 is 4.79 Å². The summed E-state index contributed by atoms with van der Waals surface area (Å²) < 4.78 is 1.18. The number of aromatic nitrogens is 2. The molecule has 0 saturated heterocycles. The van der Waals surface area contributed by atoms with E-state index in [0.717, 1.165) is 11.4 Å². The Labute approximate surface area is 134 Å². The quantitative estimate of drug-likeness (QED) is 0.919. The van der Waals surface area contributed by atoms with Gasteiger partial charge in [0.1, 0.15) is 5.69 Å². The maximum atomic E-state index is 12.9. The van der Waals surface area contributed by atoms with Gasteiger partial charge in [0.15, 0.2) is 0 Å². The first-order chi connectivity index (χ1) is 11.0. The number of amides is 1. The summed E-state index contributed by atoms with van der Waals surface area (Å²) in [6.45, 7) is 4.81. The van der Waals surface area contributed by atoms with E-state index in [1.165, 1.54) is 16.8 Å². The van der Waals surface area contributed by atoms with E-state index < -0.39 is 0 Å². The van der Waals surface area contributed by atoms with Crippen molar-refractivity contribution >= 4 is 17.3 Å². The Morgan fingerprint density at radius 2 is 2.00 bits per heavy atom. The van der Waals surface area contributed by atoms with Crippen molar-refractivity contribution in [2.24, 2.45) is 13.0 Å². The molecule has 2 heterocycles. The lowest BCUT2D eigenvalue weighted by atomic mass is 9.99. The smallest absolute Gasteiger partial charge is 0.278 e. The van der Waals surface area contributed by atoms with Crippen LogP contribution in [0.4, 0.5) is 11.4 Å². The van der Waals surface area contributed by atoms with Gasteiger partial charge in [-0.1, -0.05) is 26.0 Å². The molecule has 1 aliphatic rings. The van der Waals surface area contributed by atoms with Crippen LogP contribution in [0.1, 0.15) is 24.3 Å². The van der Waals surface area contributed by atoms with Crippen molar-refractivity contribution in [3.05, 3.63) is 52.4 Å². The van der Waals surface area contributed by atoms with E-state index in [-0.39, 0.29) is 23.2 Å². The SMILES string of the molecule is CC(C)[C@@H]1CN(C(=O)c2ccc(=O)n(C)n2)c2ccccc2N1. The molecule has 1 aromatic carbocycles. The Morgan fingerprint density at radius 3 is 2.70 bits per heavy atom. The molecule has 0 bridgehead atoms. The number of para-hydroxylation sites is 2. The highest BCUT2D eigenvalue weighted by molar-refractivity contribution is 6.07. The summed E-state index contributed by atoms with van der Waals surface area (Å²) in [5.41, 5.74) is 1.81. The zero-order valence-corrected chi connectivity index (χ0v) is 13.5. The number of carbonyl (C=O) groups excluding carboxylic acids is 1. The third-order valence-electron chi connectivity index (χ3n) is 4.14. The second-order valence-electron chi connectivity index (χ2n) is 6.11. The number of anilines is 2. The molecule has 120 valence electrons. The molecule has 0 spiro atoms. The molecular weight excluding hydrogens is 292 g/mol. The van der Waals surface area contributed by atoms with E-state index in [4.69, 9.17) is 0 Å². The molecule has 3 rings (SSSR count). The summed E-state index contributed by atoms with van der Waals surface area (Å²) in [6, 6.07) is 10.8. The lowest BCUT2D eigenvalue weighted by Crippen LogP contribution is -2.47. The topological polar surface area (TPSA) is 67.2 Å². The highest BCUT2D eigenvalue weighted by Gasteiger charge is 2.30. The van der Waals surface area contributed by atoms with Crippen LogP contribution in [0.5, 0.6) is 0 Å². The summed E-state index contributed by atoms with van der Waals surface area (Å²) in [6.07, 6.45) is 0. The number of rotatable bonds is 2. The van der Waals surface area contributed by atoms with Gasteiger partial charge in [-0.15, -0.1) is 0 Å². The van der Waals surface area contributed by atoms with E-state index in [1.807, 2.05) is 24.3 Å². The normalized spacial score (nSPS) is 16.9. The van der Waals surface area contributed by atoms with Crippen LogP contribution in [-0.2, 0) is 7.05 Å². The number of benzene rings is 1. The van der Waals surface area contributed by atoms with Gasteiger partial charge < -0.3 is 10.2 Å². The fraction of sp³-hybridized carbons (Fsp3) is 0.353. The molecule has 1 amide bonds. The molecule has 1 N–H and O–H groups in total. The van der Waals surface area contributed by atoms with Gasteiger partial charge in [0.05, 0.1) is 11.4 Å². The van der Waals surface area contributed by atoms with E-state index in [2.05, 4.69) is 24.3 Å². The fourth-order valence-electron chi connectivity index (χ4n) is 2.70. The Kier molecular flexibility index (Phi) is 3.90. The van der Waals surface area contributed by atoms with Crippen molar-refractivity contribution in [2.75, 3.05) is 16.8 Å². The van der Waals surface area contributed by atoms with Crippen LogP contribution in [0, 0.1) is 5.92 Å². The largest absolute Gasteiger partial charge is 0.379 e. The minimum absolute atomic E-state index is 0.168. The Bertz CT molecular complexity index is 797. The average Bonchev–Trinajstić information content (AvgIpc) is 2.55. The highest BCUT2D eigenvalue weighted by atomic mass is 16.2. The van der Waals surface area contributed by atoms with Gasteiger partial charge in [0, 0.05) is 25.7 Å². The lowest BCUT2D eigenvalue weighted by Gasteiger charge is -2.37. The number of carbonyl (C=O) groups is 1. The van der Waals surface area contributed by atoms with Crippen molar-refractivity contribution in [3.8, 4) is 0 Å². The third kappa shape index (κ3) is 2.84. The Balaban J connectivity index is 2.01. The maximum absolute atomic E-state index is 12.9. The number of aryl methyl sites for hydroxylation is 1. The molecule has 0 radical (unpaired) electrons. The molecule has 1 aromatic heterocycles. The summed E-state index contributed by atoms with van der Waals surface area (Å²) in [5, 5.41) is 7.57. The third-order valence-corrected chi connectivity index (χ3v) is 4.14. The zero-order chi connectivity index (χ0) is 16.6. The second-order valence-corrected chi connectivity index (χ2v) is 6.11. The average molecular weight is 312 g/mol. The van der Waals surface area contributed by atoms with Gasteiger partial charge in [0.25, 0.3) is 11.5 Å². The van der Waals surface area contributed by atoms with Crippen LogP contribution in [-0.4, -0.2) is 28.3 Å². The Morgan fingerprint density at radius 1 is 1.26 bits per heavy atom. The number of fused-ring (bicyclic) bond motifs is 1. The first-order valence-corrected chi connectivity index (χ1v) is 7.69. The molecule has 6 heteroatoms. The van der Waals surface area contributed by atoms with Crippen LogP contribution in [0.2, 0.25) is 0 Å². The van der Waals surface area contributed by atoms with Gasteiger partial charge in [-0.2, -0.15) is 5.10 Å².